The van der Waals surface area contributed by atoms with Crippen molar-refractivity contribution in [3.63, 3.8) is 0 Å². The smallest absolute Gasteiger partial charge is 0.123 e. The van der Waals surface area contributed by atoms with Crippen LogP contribution in [0.3, 0.4) is 0 Å². The maximum atomic E-state index is 13.0. The van der Waals surface area contributed by atoms with E-state index >= 15 is 0 Å². The first kappa shape index (κ1) is 15.4. The van der Waals surface area contributed by atoms with E-state index in [1.54, 1.807) is 0 Å². The van der Waals surface area contributed by atoms with Gasteiger partial charge in [-0.1, -0.05) is 30.4 Å². The lowest BCUT2D eigenvalue weighted by Gasteiger charge is -2.25. The van der Waals surface area contributed by atoms with E-state index in [9.17, 15) is 4.39 Å². The van der Waals surface area contributed by atoms with E-state index in [1.165, 1.54) is 50.3 Å². The molecule has 1 saturated heterocycles. The Hall–Kier alpha value is -1.45. The molecule has 1 heterocycles. The maximum absolute atomic E-state index is 13.0. The highest BCUT2D eigenvalue weighted by Crippen LogP contribution is 2.25. The molecule has 0 saturated carbocycles. The summed E-state index contributed by atoms with van der Waals surface area (Å²) in [5, 5.41) is 0. The Bertz CT molecular complexity index is 547. The SMILES string of the molecule is CN1CCCN(CC2C=CC(c3ccc(F)cc3)=CC2)CC1. The summed E-state index contributed by atoms with van der Waals surface area (Å²) in [7, 11) is 2.21. The molecule has 2 aliphatic rings. The van der Waals surface area contributed by atoms with Crippen LogP contribution in [0, 0.1) is 11.7 Å². The predicted molar refractivity (Wildman–Crippen MR) is 90.2 cm³/mol. The van der Waals surface area contributed by atoms with E-state index in [4.69, 9.17) is 0 Å². The first-order chi connectivity index (χ1) is 10.7. The predicted octanol–water partition coefficient (Wildman–Crippen LogP) is 3.42. The van der Waals surface area contributed by atoms with Crippen LogP contribution in [0.15, 0.2) is 42.5 Å². The third kappa shape index (κ3) is 4.05. The molecule has 1 aromatic carbocycles. The van der Waals surface area contributed by atoms with Crippen LogP contribution in [-0.4, -0.2) is 49.6 Å². The average molecular weight is 300 g/mol. The summed E-state index contributed by atoms with van der Waals surface area (Å²) in [4.78, 5) is 5.01. The van der Waals surface area contributed by atoms with Gasteiger partial charge < -0.3 is 9.80 Å². The summed E-state index contributed by atoms with van der Waals surface area (Å²) in [6, 6.07) is 6.78. The van der Waals surface area contributed by atoms with Crippen LogP contribution in [0.4, 0.5) is 4.39 Å². The number of likely N-dealkylation sites (N-methyl/N-ethyl adjacent to an activating group) is 1. The van der Waals surface area contributed by atoms with Gasteiger partial charge in [0.2, 0.25) is 0 Å². The Morgan fingerprint density at radius 2 is 1.91 bits per heavy atom. The Balaban J connectivity index is 1.55. The minimum absolute atomic E-state index is 0.173. The van der Waals surface area contributed by atoms with E-state index in [-0.39, 0.29) is 5.82 Å². The zero-order chi connectivity index (χ0) is 15.4. The fourth-order valence-corrected chi connectivity index (χ4v) is 3.27. The minimum atomic E-state index is -0.173. The summed E-state index contributed by atoms with van der Waals surface area (Å²) in [5.74, 6) is 0.431. The van der Waals surface area contributed by atoms with Crippen LogP contribution in [0.2, 0.25) is 0 Å². The lowest BCUT2D eigenvalue weighted by atomic mass is 9.92. The third-order valence-electron chi connectivity index (χ3n) is 4.67. The lowest BCUT2D eigenvalue weighted by molar-refractivity contribution is 0.252. The van der Waals surface area contributed by atoms with Gasteiger partial charge in [0.05, 0.1) is 0 Å². The van der Waals surface area contributed by atoms with Gasteiger partial charge in [0.15, 0.2) is 0 Å². The number of rotatable bonds is 3. The zero-order valence-corrected chi connectivity index (χ0v) is 13.3. The molecular formula is C19H25FN2. The summed E-state index contributed by atoms with van der Waals surface area (Å²) in [5.41, 5.74) is 2.32. The number of nitrogens with zero attached hydrogens (tertiary/aromatic N) is 2. The fraction of sp³-hybridized carbons (Fsp3) is 0.474. The second kappa shape index (κ2) is 7.21. The first-order valence-electron chi connectivity index (χ1n) is 8.26. The van der Waals surface area contributed by atoms with E-state index in [1.807, 2.05) is 12.1 Å². The summed E-state index contributed by atoms with van der Waals surface area (Å²) < 4.78 is 13.0. The van der Waals surface area contributed by atoms with Crippen molar-refractivity contribution in [3.05, 3.63) is 53.9 Å². The Morgan fingerprint density at radius 1 is 1.09 bits per heavy atom. The van der Waals surface area contributed by atoms with Crippen molar-refractivity contribution in [1.29, 1.82) is 0 Å². The molecule has 1 fully saturated rings. The van der Waals surface area contributed by atoms with Crippen molar-refractivity contribution < 1.29 is 4.39 Å². The highest BCUT2D eigenvalue weighted by Gasteiger charge is 2.17. The summed E-state index contributed by atoms with van der Waals surface area (Å²) >= 11 is 0. The molecule has 1 atom stereocenters. The minimum Gasteiger partial charge on any atom is -0.305 e. The normalized spacial score (nSPS) is 24.1. The lowest BCUT2D eigenvalue weighted by Crippen LogP contribution is -2.32. The Labute approximate surface area is 132 Å². The molecule has 0 aromatic heterocycles. The molecule has 1 aliphatic heterocycles. The highest BCUT2D eigenvalue weighted by molar-refractivity contribution is 5.74. The first-order valence-corrected chi connectivity index (χ1v) is 8.26. The second-order valence-electron chi connectivity index (χ2n) is 6.48. The highest BCUT2D eigenvalue weighted by atomic mass is 19.1. The molecular weight excluding hydrogens is 275 g/mol. The fourth-order valence-electron chi connectivity index (χ4n) is 3.27. The molecule has 2 nitrogen and oxygen atoms in total. The molecule has 3 rings (SSSR count). The molecule has 0 amide bonds. The molecule has 22 heavy (non-hydrogen) atoms. The van der Waals surface area contributed by atoms with Crippen molar-refractivity contribution in [2.45, 2.75) is 12.8 Å². The van der Waals surface area contributed by atoms with Crippen molar-refractivity contribution in [3.8, 4) is 0 Å². The molecule has 0 spiro atoms. The van der Waals surface area contributed by atoms with Crippen LogP contribution in [-0.2, 0) is 0 Å². The van der Waals surface area contributed by atoms with Crippen molar-refractivity contribution >= 4 is 5.57 Å². The van der Waals surface area contributed by atoms with Crippen LogP contribution in [0.1, 0.15) is 18.4 Å². The quantitative estimate of drug-likeness (QED) is 0.844. The number of hydrogen-bond donors (Lipinski definition) is 0. The standard InChI is InChI=1S/C19H25FN2/c1-21-11-2-12-22(14-13-21)15-16-3-5-17(6-4-16)18-7-9-19(20)10-8-18/h3,5-10,16H,2,4,11-15H2,1H3. The number of halogens is 1. The van der Waals surface area contributed by atoms with E-state index in [0.29, 0.717) is 5.92 Å². The molecule has 118 valence electrons. The van der Waals surface area contributed by atoms with Gasteiger partial charge in [-0.05, 0) is 62.2 Å². The van der Waals surface area contributed by atoms with Gasteiger partial charge in [0.1, 0.15) is 5.82 Å². The van der Waals surface area contributed by atoms with Gasteiger partial charge in [0.25, 0.3) is 0 Å². The topological polar surface area (TPSA) is 6.48 Å². The van der Waals surface area contributed by atoms with Gasteiger partial charge in [-0.3, -0.25) is 0 Å². The molecule has 1 aliphatic carbocycles. The number of hydrogen-bond acceptors (Lipinski definition) is 2. The molecule has 0 radical (unpaired) electrons. The maximum Gasteiger partial charge on any atom is 0.123 e. The molecule has 1 aromatic rings. The molecule has 3 heteroatoms. The van der Waals surface area contributed by atoms with Crippen LogP contribution in [0.25, 0.3) is 5.57 Å². The monoisotopic (exact) mass is 300 g/mol. The third-order valence-corrected chi connectivity index (χ3v) is 4.67. The Morgan fingerprint density at radius 3 is 2.64 bits per heavy atom. The molecule has 0 bridgehead atoms. The largest absolute Gasteiger partial charge is 0.305 e. The van der Waals surface area contributed by atoms with Crippen molar-refractivity contribution in [2.24, 2.45) is 5.92 Å². The van der Waals surface area contributed by atoms with E-state index in [0.717, 1.165) is 18.5 Å². The Kier molecular flexibility index (Phi) is 5.06. The van der Waals surface area contributed by atoms with Crippen molar-refractivity contribution in [1.82, 2.24) is 9.80 Å². The van der Waals surface area contributed by atoms with Gasteiger partial charge in [-0.15, -0.1) is 0 Å². The van der Waals surface area contributed by atoms with Crippen LogP contribution < -0.4 is 0 Å². The molecule has 0 N–H and O–H groups in total. The van der Waals surface area contributed by atoms with E-state index < -0.39 is 0 Å². The van der Waals surface area contributed by atoms with Crippen molar-refractivity contribution in [2.75, 3.05) is 39.8 Å². The average Bonchev–Trinajstić information content (AvgIpc) is 2.74. The van der Waals surface area contributed by atoms with Gasteiger partial charge in [-0.25, -0.2) is 4.39 Å². The van der Waals surface area contributed by atoms with Gasteiger partial charge in [-0.2, -0.15) is 0 Å². The van der Waals surface area contributed by atoms with Gasteiger partial charge >= 0.3 is 0 Å². The second-order valence-corrected chi connectivity index (χ2v) is 6.48. The molecule has 1 unspecified atom stereocenters. The number of benzene rings is 1. The van der Waals surface area contributed by atoms with Crippen LogP contribution in [0.5, 0.6) is 0 Å². The van der Waals surface area contributed by atoms with Crippen LogP contribution >= 0.6 is 0 Å². The number of allylic oxidation sites excluding steroid dienone is 3. The summed E-state index contributed by atoms with van der Waals surface area (Å²) in [6.07, 6.45) is 9.17. The van der Waals surface area contributed by atoms with E-state index in [2.05, 4.69) is 35.1 Å². The van der Waals surface area contributed by atoms with Gasteiger partial charge in [0, 0.05) is 19.6 Å². The zero-order valence-electron chi connectivity index (χ0n) is 13.3. The summed E-state index contributed by atoms with van der Waals surface area (Å²) in [6.45, 7) is 5.93.